The van der Waals surface area contributed by atoms with E-state index in [0.29, 0.717) is 6.42 Å². The SMILES string of the molecule is NCC(O)Cc1cc[nH]n1. The Balaban J connectivity index is 2.40. The van der Waals surface area contributed by atoms with Crippen molar-refractivity contribution in [1.29, 1.82) is 0 Å². The molecule has 10 heavy (non-hydrogen) atoms. The molecule has 0 spiro atoms. The molecule has 0 saturated carbocycles. The smallest absolute Gasteiger partial charge is 0.0718 e. The highest BCUT2D eigenvalue weighted by molar-refractivity contribution is 4.98. The van der Waals surface area contributed by atoms with Gasteiger partial charge in [0.05, 0.1) is 11.8 Å². The number of aliphatic hydroxyl groups excluding tert-OH is 1. The molecule has 4 heteroatoms. The molecule has 0 aliphatic rings. The van der Waals surface area contributed by atoms with E-state index in [1.54, 1.807) is 6.20 Å². The summed E-state index contributed by atoms with van der Waals surface area (Å²) in [7, 11) is 0. The topological polar surface area (TPSA) is 74.9 Å². The van der Waals surface area contributed by atoms with Gasteiger partial charge >= 0.3 is 0 Å². The Labute approximate surface area is 59.1 Å². The third kappa shape index (κ3) is 1.82. The minimum Gasteiger partial charge on any atom is -0.391 e. The Hall–Kier alpha value is -0.870. The molecule has 1 unspecified atom stereocenters. The van der Waals surface area contributed by atoms with Gasteiger partial charge in [-0.15, -0.1) is 0 Å². The Morgan fingerprint density at radius 3 is 3.10 bits per heavy atom. The van der Waals surface area contributed by atoms with Crippen LogP contribution in [-0.2, 0) is 6.42 Å². The number of hydrogen-bond acceptors (Lipinski definition) is 3. The van der Waals surface area contributed by atoms with Crippen LogP contribution in [0.4, 0.5) is 0 Å². The lowest BCUT2D eigenvalue weighted by molar-refractivity contribution is 0.182. The van der Waals surface area contributed by atoms with Crippen molar-refractivity contribution in [3.8, 4) is 0 Å². The van der Waals surface area contributed by atoms with Gasteiger partial charge in [0.15, 0.2) is 0 Å². The Bertz CT molecular complexity index is 173. The van der Waals surface area contributed by atoms with Gasteiger partial charge in [-0.3, -0.25) is 5.10 Å². The molecule has 56 valence electrons. The van der Waals surface area contributed by atoms with E-state index in [-0.39, 0.29) is 6.54 Å². The van der Waals surface area contributed by atoms with E-state index in [1.807, 2.05) is 6.07 Å². The van der Waals surface area contributed by atoms with Crippen molar-refractivity contribution in [3.05, 3.63) is 18.0 Å². The van der Waals surface area contributed by atoms with Gasteiger partial charge in [-0.25, -0.2) is 0 Å². The van der Waals surface area contributed by atoms with Gasteiger partial charge in [-0.2, -0.15) is 5.10 Å². The van der Waals surface area contributed by atoms with Crippen molar-refractivity contribution < 1.29 is 5.11 Å². The first-order valence-electron chi connectivity index (χ1n) is 3.19. The molecule has 0 amide bonds. The highest BCUT2D eigenvalue weighted by Crippen LogP contribution is 1.95. The van der Waals surface area contributed by atoms with E-state index >= 15 is 0 Å². The molecule has 4 nitrogen and oxygen atoms in total. The summed E-state index contributed by atoms with van der Waals surface area (Å²) in [6.07, 6.45) is 1.78. The Morgan fingerprint density at radius 2 is 2.60 bits per heavy atom. The van der Waals surface area contributed by atoms with E-state index in [1.165, 1.54) is 0 Å². The van der Waals surface area contributed by atoms with Crippen LogP contribution in [0.25, 0.3) is 0 Å². The van der Waals surface area contributed by atoms with Crippen LogP contribution in [0.5, 0.6) is 0 Å². The molecule has 1 heterocycles. The number of aromatic nitrogens is 2. The number of nitrogens with two attached hydrogens (primary N) is 1. The zero-order chi connectivity index (χ0) is 7.40. The number of hydrogen-bond donors (Lipinski definition) is 3. The molecule has 1 aromatic rings. The molecule has 0 aromatic carbocycles. The van der Waals surface area contributed by atoms with Gasteiger partial charge in [-0.05, 0) is 6.07 Å². The van der Waals surface area contributed by atoms with Crippen molar-refractivity contribution >= 4 is 0 Å². The van der Waals surface area contributed by atoms with Gasteiger partial charge in [-0.1, -0.05) is 0 Å². The maximum atomic E-state index is 9.05. The lowest BCUT2D eigenvalue weighted by Crippen LogP contribution is -2.22. The largest absolute Gasteiger partial charge is 0.391 e. The Kier molecular flexibility index (Phi) is 2.42. The molecule has 1 aromatic heterocycles. The van der Waals surface area contributed by atoms with Crippen LogP contribution in [0.3, 0.4) is 0 Å². The van der Waals surface area contributed by atoms with Gasteiger partial charge in [0.2, 0.25) is 0 Å². The molecule has 0 aliphatic carbocycles. The molecular weight excluding hydrogens is 130 g/mol. The zero-order valence-corrected chi connectivity index (χ0v) is 5.62. The number of nitrogens with one attached hydrogen (secondary N) is 1. The van der Waals surface area contributed by atoms with Crippen molar-refractivity contribution in [2.75, 3.05) is 6.54 Å². The number of rotatable bonds is 3. The molecule has 4 N–H and O–H groups in total. The van der Waals surface area contributed by atoms with Crippen LogP contribution < -0.4 is 5.73 Å². The summed E-state index contributed by atoms with van der Waals surface area (Å²) in [4.78, 5) is 0. The quantitative estimate of drug-likeness (QED) is 0.519. The zero-order valence-electron chi connectivity index (χ0n) is 5.62. The number of nitrogens with zero attached hydrogens (tertiary/aromatic N) is 1. The normalized spacial score (nSPS) is 13.4. The van der Waals surface area contributed by atoms with Crippen molar-refractivity contribution in [1.82, 2.24) is 10.2 Å². The molecule has 0 bridgehead atoms. The highest BCUT2D eigenvalue weighted by Gasteiger charge is 2.02. The lowest BCUT2D eigenvalue weighted by atomic mass is 10.2. The molecule has 0 saturated heterocycles. The van der Waals surface area contributed by atoms with Crippen LogP contribution in [-0.4, -0.2) is 28.0 Å². The number of aromatic amines is 1. The van der Waals surface area contributed by atoms with Gasteiger partial charge in [0.25, 0.3) is 0 Å². The van der Waals surface area contributed by atoms with E-state index < -0.39 is 6.10 Å². The number of aliphatic hydroxyl groups is 1. The first kappa shape index (κ1) is 7.24. The first-order valence-corrected chi connectivity index (χ1v) is 3.19. The van der Waals surface area contributed by atoms with E-state index in [4.69, 9.17) is 10.8 Å². The molecular formula is C6H11N3O. The maximum absolute atomic E-state index is 9.05. The fourth-order valence-corrected chi connectivity index (χ4v) is 0.729. The fourth-order valence-electron chi connectivity index (χ4n) is 0.729. The number of H-pyrrole nitrogens is 1. The molecule has 0 radical (unpaired) electrons. The van der Waals surface area contributed by atoms with Crippen LogP contribution in [0.1, 0.15) is 5.69 Å². The summed E-state index contributed by atoms with van der Waals surface area (Å²) in [6, 6.07) is 1.82. The van der Waals surface area contributed by atoms with Crippen molar-refractivity contribution in [2.45, 2.75) is 12.5 Å². The minimum atomic E-state index is -0.469. The third-order valence-electron chi connectivity index (χ3n) is 1.28. The van der Waals surface area contributed by atoms with Crippen LogP contribution in [0.2, 0.25) is 0 Å². The second-order valence-corrected chi connectivity index (χ2v) is 2.16. The predicted octanol–water partition coefficient (Wildman–Crippen LogP) is -0.728. The monoisotopic (exact) mass is 141 g/mol. The highest BCUT2D eigenvalue weighted by atomic mass is 16.3. The summed E-state index contributed by atoms with van der Waals surface area (Å²) < 4.78 is 0. The fraction of sp³-hybridized carbons (Fsp3) is 0.500. The summed E-state index contributed by atoms with van der Waals surface area (Å²) >= 11 is 0. The average molecular weight is 141 g/mol. The third-order valence-corrected chi connectivity index (χ3v) is 1.28. The Morgan fingerprint density at radius 1 is 1.80 bits per heavy atom. The minimum absolute atomic E-state index is 0.285. The summed E-state index contributed by atoms with van der Waals surface area (Å²) in [5.41, 5.74) is 6.05. The van der Waals surface area contributed by atoms with E-state index in [0.717, 1.165) is 5.69 Å². The predicted molar refractivity (Wildman–Crippen MR) is 37.4 cm³/mol. The van der Waals surface area contributed by atoms with E-state index in [9.17, 15) is 0 Å². The second-order valence-electron chi connectivity index (χ2n) is 2.16. The van der Waals surface area contributed by atoms with Crippen LogP contribution in [0.15, 0.2) is 12.3 Å². The molecule has 1 rings (SSSR count). The first-order chi connectivity index (χ1) is 4.83. The van der Waals surface area contributed by atoms with Crippen molar-refractivity contribution in [3.63, 3.8) is 0 Å². The van der Waals surface area contributed by atoms with Crippen LogP contribution >= 0.6 is 0 Å². The van der Waals surface area contributed by atoms with Crippen LogP contribution in [0, 0.1) is 0 Å². The van der Waals surface area contributed by atoms with Gasteiger partial charge < -0.3 is 10.8 Å². The molecule has 1 atom stereocenters. The maximum Gasteiger partial charge on any atom is 0.0718 e. The van der Waals surface area contributed by atoms with Gasteiger partial charge in [0.1, 0.15) is 0 Å². The standard InChI is InChI=1S/C6H11N3O/c7-4-6(10)3-5-1-2-8-9-5/h1-2,6,10H,3-4,7H2,(H,8,9). The summed E-state index contributed by atoms with van der Waals surface area (Å²) in [5, 5.41) is 15.6. The van der Waals surface area contributed by atoms with E-state index in [2.05, 4.69) is 10.2 Å². The average Bonchev–Trinajstić information content (AvgIpc) is 2.40. The van der Waals surface area contributed by atoms with Crippen molar-refractivity contribution in [2.24, 2.45) is 5.73 Å². The molecule has 0 aliphatic heterocycles. The lowest BCUT2D eigenvalue weighted by Gasteiger charge is -2.02. The molecule has 0 fully saturated rings. The van der Waals surface area contributed by atoms with Gasteiger partial charge in [0, 0.05) is 19.2 Å². The summed E-state index contributed by atoms with van der Waals surface area (Å²) in [5.74, 6) is 0. The summed E-state index contributed by atoms with van der Waals surface area (Å²) in [6.45, 7) is 0.285. The second kappa shape index (κ2) is 3.34.